The first kappa shape index (κ1) is 19.2. The number of carbonyl (C=O) groups is 2. The van der Waals surface area contributed by atoms with Crippen LogP contribution in [0.5, 0.6) is 0 Å². The Morgan fingerprint density at radius 1 is 1.20 bits per heavy atom. The first-order valence-electron chi connectivity index (χ1n) is 10.8. The third-order valence-electron chi connectivity index (χ3n) is 6.96. The van der Waals surface area contributed by atoms with Gasteiger partial charge in [0.25, 0.3) is 11.8 Å². The number of rotatable bonds is 4. The normalized spacial score (nSPS) is 28.6. The molecule has 1 N–H and O–H groups in total. The number of nitrogens with one attached hydrogen (secondary N) is 1. The van der Waals surface area contributed by atoms with Crippen molar-refractivity contribution in [2.45, 2.75) is 37.8 Å². The molecule has 0 saturated carbocycles. The lowest BCUT2D eigenvalue weighted by Crippen LogP contribution is -2.66. The number of hydrogen-bond acceptors (Lipinski definition) is 6. The number of piperidine rings is 3. The molecule has 3 saturated heterocycles. The summed E-state index contributed by atoms with van der Waals surface area (Å²) in [4.78, 5) is 34.1. The zero-order chi connectivity index (χ0) is 20.5. The van der Waals surface area contributed by atoms with Crippen LogP contribution in [-0.4, -0.2) is 70.0 Å². The van der Waals surface area contributed by atoms with E-state index in [0.29, 0.717) is 42.2 Å². The molecule has 2 bridgehead atoms. The Bertz CT molecular complexity index is 887. The van der Waals surface area contributed by atoms with Gasteiger partial charge in [-0.1, -0.05) is 11.6 Å². The van der Waals surface area contributed by atoms with Gasteiger partial charge in [-0.3, -0.25) is 19.5 Å². The number of hydrogen-bond donors (Lipinski definition) is 1. The van der Waals surface area contributed by atoms with E-state index in [1.165, 1.54) is 19.1 Å². The second kappa shape index (κ2) is 8.18. The van der Waals surface area contributed by atoms with E-state index in [9.17, 15) is 9.59 Å². The molecular weight excluding hydrogens is 382 g/mol. The molecule has 8 heteroatoms. The highest BCUT2D eigenvalue weighted by atomic mass is 16.5. The van der Waals surface area contributed by atoms with Crippen LogP contribution in [0.4, 0.5) is 0 Å². The minimum absolute atomic E-state index is 0.0548. The molecule has 158 valence electrons. The van der Waals surface area contributed by atoms with Gasteiger partial charge in [-0.2, -0.15) is 0 Å². The van der Waals surface area contributed by atoms with Gasteiger partial charge in [-0.05, 0) is 49.8 Å². The van der Waals surface area contributed by atoms with Gasteiger partial charge >= 0.3 is 0 Å². The van der Waals surface area contributed by atoms with Crippen LogP contribution < -0.4 is 5.32 Å². The fraction of sp³-hybridized carbons (Fsp3) is 0.545. The molecular formula is C22H27N5O3. The van der Waals surface area contributed by atoms with Crippen molar-refractivity contribution in [1.29, 1.82) is 0 Å². The molecule has 0 spiro atoms. The van der Waals surface area contributed by atoms with Crippen LogP contribution in [0.1, 0.15) is 46.5 Å². The summed E-state index contributed by atoms with van der Waals surface area (Å²) in [6, 6.07) is 5.89. The maximum absolute atomic E-state index is 12.9. The highest BCUT2D eigenvalue weighted by molar-refractivity contribution is 5.94. The molecule has 0 unspecified atom stereocenters. The first-order chi connectivity index (χ1) is 14.7. The van der Waals surface area contributed by atoms with E-state index in [1.54, 1.807) is 30.6 Å². The van der Waals surface area contributed by atoms with Gasteiger partial charge in [0, 0.05) is 50.2 Å². The van der Waals surface area contributed by atoms with E-state index >= 15 is 0 Å². The molecule has 3 fully saturated rings. The fourth-order valence-corrected chi connectivity index (χ4v) is 5.64. The molecule has 5 heterocycles. The van der Waals surface area contributed by atoms with Gasteiger partial charge in [-0.25, -0.2) is 0 Å². The SMILES string of the molecule is O=C(NC[C@H]1[C@H]2C[C@H](CN(C(=O)c3ccon3)C2)[C@@H]2CCCCN21)c1cccnc1. The second-order valence-corrected chi connectivity index (χ2v) is 8.67. The predicted octanol–water partition coefficient (Wildman–Crippen LogP) is 1.81. The quantitative estimate of drug-likeness (QED) is 0.828. The fourth-order valence-electron chi connectivity index (χ4n) is 5.64. The van der Waals surface area contributed by atoms with Gasteiger partial charge in [-0.15, -0.1) is 0 Å². The smallest absolute Gasteiger partial charge is 0.276 e. The summed E-state index contributed by atoms with van der Waals surface area (Å²) in [5.74, 6) is 0.666. The minimum atomic E-state index is -0.0925. The van der Waals surface area contributed by atoms with Gasteiger partial charge in [0.05, 0.1) is 5.56 Å². The third-order valence-corrected chi connectivity index (χ3v) is 6.96. The maximum atomic E-state index is 12.9. The number of carbonyl (C=O) groups excluding carboxylic acids is 2. The molecule has 3 aliphatic heterocycles. The Hall–Kier alpha value is -2.74. The summed E-state index contributed by atoms with van der Waals surface area (Å²) in [6.07, 6.45) is 9.40. The van der Waals surface area contributed by atoms with Gasteiger partial charge < -0.3 is 14.7 Å². The molecule has 0 aromatic carbocycles. The van der Waals surface area contributed by atoms with Crippen LogP contribution in [-0.2, 0) is 0 Å². The summed E-state index contributed by atoms with van der Waals surface area (Å²) >= 11 is 0. The Morgan fingerprint density at radius 3 is 2.90 bits per heavy atom. The molecule has 0 radical (unpaired) electrons. The number of amides is 2. The summed E-state index contributed by atoms with van der Waals surface area (Å²) in [5, 5.41) is 6.96. The Kier molecular flexibility index (Phi) is 5.25. The summed E-state index contributed by atoms with van der Waals surface area (Å²) < 4.78 is 4.88. The monoisotopic (exact) mass is 409 g/mol. The molecule has 8 nitrogen and oxygen atoms in total. The number of pyridine rings is 1. The lowest BCUT2D eigenvalue weighted by atomic mass is 9.72. The van der Waals surface area contributed by atoms with Crippen molar-refractivity contribution >= 4 is 11.8 Å². The molecule has 2 amide bonds. The highest BCUT2D eigenvalue weighted by Crippen LogP contribution is 2.41. The van der Waals surface area contributed by atoms with Crippen molar-refractivity contribution in [3.05, 3.63) is 48.1 Å². The summed E-state index contributed by atoms with van der Waals surface area (Å²) in [7, 11) is 0. The summed E-state index contributed by atoms with van der Waals surface area (Å²) in [5.41, 5.74) is 0.949. The predicted molar refractivity (Wildman–Crippen MR) is 109 cm³/mol. The molecule has 5 rings (SSSR count). The van der Waals surface area contributed by atoms with E-state index in [4.69, 9.17) is 4.52 Å². The molecule has 30 heavy (non-hydrogen) atoms. The molecule has 4 atom stereocenters. The Balaban J connectivity index is 1.33. The van der Waals surface area contributed by atoms with E-state index in [-0.39, 0.29) is 17.9 Å². The number of likely N-dealkylation sites (tertiary alicyclic amines) is 1. The standard InChI is InChI=1S/C22H27N5O3/c28-21(15-4-3-7-23-11-15)24-12-20-17-10-16(19-5-1-2-8-27(19)20)13-26(14-17)22(29)18-6-9-30-25-18/h3-4,6-7,9,11,16-17,19-20H,1-2,5,8,10,12-14H2,(H,24,28)/t16-,17+,19+,20+/m1/s1. The summed E-state index contributed by atoms with van der Waals surface area (Å²) in [6.45, 7) is 3.13. The van der Waals surface area contributed by atoms with Crippen molar-refractivity contribution in [3.8, 4) is 0 Å². The Morgan fingerprint density at radius 2 is 2.10 bits per heavy atom. The lowest BCUT2D eigenvalue weighted by Gasteiger charge is -2.56. The van der Waals surface area contributed by atoms with Crippen molar-refractivity contribution in [1.82, 2.24) is 25.3 Å². The average molecular weight is 409 g/mol. The van der Waals surface area contributed by atoms with Crippen LogP contribution in [0.25, 0.3) is 0 Å². The second-order valence-electron chi connectivity index (χ2n) is 8.67. The van der Waals surface area contributed by atoms with Crippen LogP contribution in [0.3, 0.4) is 0 Å². The zero-order valence-corrected chi connectivity index (χ0v) is 16.9. The molecule has 2 aromatic rings. The first-order valence-corrected chi connectivity index (χ1v) is 10.8. The average Bonchev–Trinajstić information content (AvgIpc) is 3.34. The van der Waals surface area contributed by atoms with Gasteiger partial charge in [0.2, 0.25) is 0 Å². The largest absolute Gasteiger partial charge is 0.364 e. The Labute approximate surface area is 175 Å². The highest BCUT2D eigenvalue weighted by Gasteiger charge is 2.48. The van der Waals surface area contributed by atoms with Crippen molar-refractivity contribution in [3.63, 3.8) is 0 Å². The van der Waals surface area contributed by atoms with E-state index < -0.39 is 0 Å². The van der Waals surface area contributed by atoms with Gasteiger partial charge in [0.15, 0.2) is 5.69 Å². The van der Waals surface area contributed by atoms with Crippen molar-refractivity contribution in [2.24, 2.45) is 11.8 Å². The van der Waals surface area contributed by atoms with E-state index in [1.807, 2.05) is 4.90 Å². The van der Waals surface area contributed by atoms with Crippen LogP contribution in [0.15, 0.2) is 41.4 Å². The van der Waals surface area contributed by atoms with Crippen molar-refractivity contribution < 1.29 is 14.1 Å². The number of aromatic nitrogens is 2. The zero-order valence-electron chi connectivity index (χ0n) is 16.9. The van der Waals surface area contributed by atoms with Gasteiger partial charge in [0.1, 0.15) is 6.26 Å². The topological polar surface area (TPSA) is 91.6 Å². The van der Waals surface area contributed by atoms with Crippen LogP contribution in [0.2, 0.25) is 0 Å². The van der Waals surface area contributed by atoms with E-state index in [2.05, 4.69) is 20.4 Å². The number of fused-ring (bicyclic) bond motifs is 4. The maximum Gasteiger partial charge on any atom is 0.276 e. The minimum Gasteiger partial charge on any atom is -0.364 e. The molecule has 0 aliphatic carbocycles. The van der Waals surface area contributed by atoms with Crippen molar-refractivity contribution in [2.75, 3.05) is 26.2 Å². The number of nitrogens with zero attached hydrogens (tertiary/aromatic N) is 4. The molecule has 2 aromatic heterocycles. The van der Waals surface area contributed by atoms with E-state index in [0.717, 1.165) is 25.9 Å². The lowest BCUT2D eigenvalue weighted by molar-refractivity contribution is -0.0632. The molecule has 3 aliphatic rings. The third kappa shape index (κ3) is 3.60. The van der Waals surface area contributed by atoms with Crippen LogP contribution >= 0.6 is 0 Å². The van der Waals surface area contributed by atoms with Crippen LogP contribution in [0, 0.1) is 11.8 Å².